The van der Waals surface area contributed by atoms with Crippen molar-refractivity contribution in [2.24, 2.45) is 5.73 Å². The predicted octanol–water partition coefficient (Wildman–Crippen LogP) is 1.86. The minimum atomic E-state index is -1.02. The first-order valence-electron chi connectivity index (χ1n) is 6.32. The van der Waals surface area contributed by atoms with Crippen LogP contribution in [0.15, 0.2) is 48.8 Å². The first-order valence-corrected chi connectivity index (χ1v) is 6.32. The molecule has 2 rings (SSSR count). The van der Waals surface area contributed by atoms with Gasteiger partial charge in [-0.2, -0.15) is 0 Å². The number of aromatic nitrogens is 1. The largest absolute Gasteiger partial charge is 0.465 e. The number of carboxylic acid groups (broad SMARTS) is 1. The first-order chi connectivity index (χ1) is 10.1. The lowest BCUT2D eigenvalue weighted by molar-refractivity contribution is 0.1000. The summed E-state index contributed by atoms with van der Waals surface area (Å²) in [6, 6.07) is 10.1. The van der Waals surface area contributed by atoms with E-state index in [1.807, 2.05) is 6.07 Å². The summed E-state index contributed by atoms with van der Waals surface area (Å²) in [4.78, 5) is 27.5. The summed E-state index contributed by atoms with van der Waals surface area (Å²) in [5.41, 5.74) is 7.16. The Balaban J connectivity index is 2.09. The Morgan fingerprint density at radius 2 is 1.76 bits per heavy atom. The van der Waals surface area contributed by atoms with Gasteiger partial charge in [0.2, 0.25) is 5.91 Å². The Bertz CT molecular complexity index is 626. The number of hydrogen-bond acceptors (Lipinski definition) is 3. The number of benzene rings is 1. The van der Waals surface area contributed by atoms with Crippen LogP contribution in [0.3, 0.4) is 0 Å². The van der Waals surface area contributed by atoms with E-state index in [0.717, 1.165) is 11.1 Å². The highest BCUT2D eigenvalue weighted by Crippen LogP contribution is 2.11. The monoisotopic (exact) mass is 285 g/mol. The van der Waals surface area contributed by atoms with Gasteiger partial charge in [-0.3, -0.25) is 14.7 Å². The smallest absolute Gasteiger partial charge is 0.407 e. The van der Waals surface area contributed by atoms with Crippen molar-refractivity contribution >= 4 is 12.0 Å². The van der Waals surface area contributed by atoms with E-state index in [4.69, 9.17) is 5.73 Å². The molecule has 1 aromatic carbocycles. The van der Waals surface area contributed by atoms with Crippen LogP contribution in [0, 0.1) is 0 Å². The fraction of sp³-hybridized carbons (Fsp3) is 0.133. The lowest BCUT2D eigenvalue weighted by atomic mass is 10.1. The van der Waals surface area contributed by atoms with E-state index in [1.54, 1.807) is 42.7 Å². The maximum atomic E-state index is 11.3. The van der Waals surface area contributed by atoms with Crippen LogP contribution >= 0.6 is 0 Å². The van der Waals surface area contributed by atoms with Gasteiger partial charge in [0, 0.05) is 24.5 Å². The van der Waals surface area contributed by atoms with Crippen molar-refractivity contribution in [3.05, 3.63) is 65.5 Å². The molecule has 0 bridgehead atoms. The van der Waals surface area contributed by atoms with Crippen molar-refractivity contribution in [2.75, 3.05) is 0 Å². The molecule has 3 N–H and O–H groups in total. The van der Waals surface area contributed by atoms with Crippen LogP contribution in [0.5, 0.6) is 0 Å². The average Bonchev–Trinajstić information content (AvgIpc) is 2.48. The number of pyridine rings is 1. The SMILES string of the molecule is NC(=O)c1ccc(CN(Cc2cccnc2)C(=O)O)cc1. The Kier molecular flexibility index (Phi) is 4.50. The third-order valence-electron chi connectivity index (χ3n) is 2.98. The van der Waals surface area contributed by atoms with Gasteiger partial charge in [0.15, 0.2) is 0 Å². The van der Waals surface area contributed by atoms with Gasteiger partial charge < -0.3 is 10.8 Å². The van der Waals surface area contributed by atoms with Crippen LogP contribution in [0.2, 0.25) is 0 Å². The van der Waals surface area contributed by atoms with E-state index in [2.05, 4.69) is 4.98 Å². The number of rotatable bonds is 5. The van der Waals surface area contributed by atoms with E-state index < -0.39 is 12.0 Å². The highest BCUT2D eigenvalue weighted by molar-refractivity contribution is 5.92. The van der Waals surface area contributed by atoms with Crippen molar-refractivity contribution in [3.8, 4) is 0 Å². The second-order valence-corrected chi connectivity index (χ2v) is 4.56. The van der Waals surface area contributed by atoms with Crippen LogP contribution < -0.4 is 5.73 Å². The van der Waals surface area contributed by atoms with Crippen LogP contribution in [0.1, 0.15) is 21.5 Å². The molecule has 6 nitrogen and oxygen atoms in total. The molecule has 1 aromatic heterocycles. The zero-order valence-electron chi connectivity index (χ0n) is 11.3. The minimum absolute atomic E-state index is 0.225. The lowest BCUT2D eigenvalue weighted by Crippen LogP contribution is -2.28. The van der Waals surface area contributed by atoms with Gasteiger partial charge in [-0.15, -0.1) is 0 Å². The van der Waals surface area contributed by atoms with Gasteiger partial charge in [-0.1, -0.05) is 18.2 Å². The highest BCUT2D eigenvalue weighted by Gasteiger charge is 2.13. The van der Waals surface area contributed by atoms with Gasteiger partial charge in [0.25, 0.3) is 0 Å². The maximum Gasteiger partial charge on any atom is 0.407 e. The van der Waals surface area contributed by atoms with Gasteiger partial charge >= 0.3 is 6.09 Å². The third-order valence-corrected chi connectivity index (χ3v) is 2.98. The summed E-state index contributed by atoms with van der Waals surface area (Å²) >= 11 is 0. The second-order valence-electron chi connectivity index (χ2n) is 4.56. The van der Waals surface area contributed by atoms with E-state index in [-0.39, 0.29) is 13.1 Å². The Hall–Kier alpha value is -2.89. The van der Waals surface area contributed by atoms with Crippen molar-refractivity contribution in [3.63, 3.8) is 0 Å². The van der Waals surface area contributed by atoms with Crippen molar-refractivity contribution in [1.82, 2.24) is 9.88 Å². The van der Waals surface area contributed by atoms with Crippen molar-refractivity contribution in [2.45, 2.75) is 13.1 Å². The fourth-order valence-corrected chi connectivity index (χ4v) is 1.90. The predicted molar refractivity (Wildman–Crippen MR) is 76.5 cm³/mol. The maximum absolute atomic E-state index is 11.3. The topological polar surface area (TPSA) is 96.5 Å². The molecule has 0 saturated carbocycles. The van der Waals surface area contributed by atoms with E-state index in [9.17, 15) is 14.7 Å². The molecule has 108 valence electrons. The quantitative estimate of drug-likeness (QED) is 0.876. The molecule has 0 unspecified atom stereocenters. The van der Waals surface area contributed by atoms with Crippen molar-refractivity contribution < 1.29 is 14.7 Å². The zero-order valence-corrected chi connectivity index (χ0v) is 11.3. The molecule has 0 aliphatic carbocycles. The molecule has 6 heteroatoms. The summed E-state index contributed by atoms with van der Waals surface area (Å²) in [7, 11) is 0. The zero-order chi connectivity index (χ0) is 15.2. The summed E-state index contributed by atoms with van der Waals surface area (Å²) in [5, 5.41) is 9.27. The summed E-state index contributed by atoms with van der Waals surface area (Å²) in [6.07, 6.45) is 2.25. The second kappa shape index (κ2) is 6.51. The van der Waals surface area contributed by atoms with Gasteiger partial charge in [0.1, 0.15) is 0 Å². The molecule has 0 aliphatic heterocycles. The highest BCUT2D eigenvalue weighted by atomic mass is 16.4. The molecular weight excluding hydrogens is 270 g/mol. The van der Waals surface area contributed by atoms with Crippen LogP contribution in [0.4, 0.5) is 4.79 Å². The number of hydrogen-bond donors (Lipinski definition) is 2. The molecular formula is C15H15N3O3. The summed E-state index contributed by atoms with van der Waals surface area (Å²) in [5.74, 6) is -0.507. The van der Waals surface area contributed by atoms with E-state index in [1.165, 1.54) is 4.90 Å². The van der Waals surface area contributed by atoms with Crippen molar-refractivity contribution in [1.29, 1.82) is 0 Å². The average molecular weight is 285 g/mol. The molecule has 0 fully saturated rings. The molecule has 2 amide bonds. The van der Waals surface area contributed by atoms with Gasteiger partial charge in [-0.05, 0) is 29.3 Å². The van der Waals surface area contributed by atoms with Crippen LogP contribution in [0.25, 0.3) is 0 Å². The number of carbonyl (C=O) groups is 2. The number of amides is 2. The molecule has 0 radical (unpaired) electrons. The Labute approximate surface area is 121 Å². The molecule has 0 atom stereocenters. The normalized spacial score (nSPS) is 10.1. The minimum Gasteiger partial charge on any atom is -0.465 e. The first kappa shape index (κ1) is 14.5. The molecule has 0 saturated heterocycles. The van der Waals surface area contributed by atoms with Crippen LogP contribution in [-0.2, 0) is 13.1 Å². The number of nitrogens with two attached hydrogens (primary N) is 1. The summed E-state index contributed by atoms with van der Waals surface area (Å²) < 4.78 is 0. The third kappa shape index (κ3) is 4.04. The number of primary amides is 1. The molecule has 0 aliphatic rings. The van der Waals surface area contributed by atoms with E-state index in [0.29, 0.717) is 5.56 Å². The number of nitrogens with zero attached hydrogens (tertiary/aromatic N) is 2. The Morgan fingerprint density at radius 3 is 2.29 bits per heavy atom. The standard InChI is InChI=1S/C15H15N3O3/c16-14(19)13-5-3-11(4-6-13)9-18(15(20)21)10-12-2-1-7-17-8-12/h1-8H,9-10H2,(H2,16,19)(H,20,21). The van der Waals surface area contributed by atoms with E-state index >= 15 is 0 Å². The van der Waals surface area contributed by atoms with Gasteiger partial charge in [-0.25, -0.2) is 4.79 Å². The lowest BCUT2D eigenvalue weighted by Gasteiger charge is -2.19. The molecule has 21 heavy (non-hydrogen) atoms. The van der Waals surface area contributed by atoms with Gasteiger partial charge in [0.05, 0.1) is 6.54 Å². The number of carbonyl (C=O) groups excluding carboxylic acids is 1. The fourth-order valence-electron chi connectivity index (χ4n) is 1.90. The summed E-state index contributed by atoms with van der Waals surface area (Å²) in [6.45, 7) is 0.476. The molecule has 2 aromatic rings. The van der Waals surface area contributed by atoms with Crippen LogP contribution in [-0.4, -0.2) is 27.0 Å². The molecule has 1 heterocycles. The Morgan fingerprint density at radius 1 is 1.10 bits per heavy atom. The molecule has 0 spiro atoms.